The lowest BCUT2D eigenvalue weighted by molar-refractivity contribution is 0.162. The second kappa shape index (κ2) is 6.53. The molecular weight excluding hydrogens is 204 g/mol. The molecule has 0 radical (unpaired) electrons. The highest BCUT2D eigenvalue weighted by atomic mass is 16.3. The third-order valence-corrected chi connectivity index (χ3v) is 2.83. The van der Waals surface area contributed by atoms with Crippen LogP contribution in [0, 0.1) is 0 Å². The summed E-state index contributed by atoms with van der Waals surface area (Å²) in [6.45, 7) is 2.32. The van der Waals surface area contributed by atoms with Gasteiger partial charge in [-0.3, -0.25) is 0 Å². The Balaban J connectivity index is 2.25. The molecule has 16 heavy (non-hydrogen) atoms. The maximum Gasteiger partial charge on any atom is 0.317 e. The highest BCUT2D eigenvalue weighted by molar-refractivity contribution is 5.74. The van der Waals surface area contributed by atoms with Crippen LogP contribution in [0.15, 0.2) is 12.2 Å². The predicted octanol–water partition coefficient (Wildman–Crippen LogP) is 1.51. The molecule has 0 aromatic rings. The molecule has 0 saturated carbocycles. The summed E-state index contributed by atoms with van der Waals surface area (Å²) in [4.78, 5) is 13.4. The minimum absolute atomic E-state index is 0.0408. The van der Waals surface area contributed by atoms with Crippen LogP contribution in [0.5, 0.6) is 0 Å². The number of aliphatic hydroxyl groups excluding tert-OH is 1. The molecule has 2 N–H and O–H groups in total. The number of carbonyl (C=O) groups excluding carboxylic acids is 1. The number of amides is 2. The summed E-state index contributed by atoms with van der Waals surface area (Å²) in [6.07, 6.45) is 7.52. The third kappa shape index (κ3) is 4.66. The molecule has 1 aliphatic carbocycles. The topological polar surface area (TPSA) is 52.6 Å². The monoisotopic (exact) mass is 226 g/mol. The first-order chi connectivity index (χ1) is 7.59. The largest absolute Gasteiger partial charge is 0.393 e. The van der Waals surface area contributed by atoms with Crippen LogP contribution in [0.3, 0.4) is 0 Å². The Morgan fingerprint density at radius 2 is 2.38 bits per heavy atom. The number of hydrogen-bond acceptors (Lipinski definition) is 2. The van der Waals surface area contributed by atoms with Crippen LogP contribution in [0.25, 0.3) is 0 Å². The smallest absolute Gasteiger partial charge is 0.317 e. The Hall–Kier alpha value is -1.03. The first kappa shape index (κ1) is 13.0. The lowest BCUT2D eigenvalue weighted by Crippen LogP contribution is -2.44. The van der Waals surface area contributed by atoms with E-state index in [1.54, 1.807) is 18.9 Å². The summed E-state index contributed by atoms with van der Waals surface area (Å²) >= 11 is 0. The second-order valence-electron chi connectivity index (χ2n) is 4.49. The maximum absolute atomic E-state index is 11.7. The molecule has 0 aromatic heterocycles. The first-order valence-electron chi connectivity index (χ1n) is 5.94. The van der Waals surface area contributed by atoms with E-state index in [1.807, 2.05) is 0 Å². The molecule has 0 spiro atoms. The number of aliphatic hydroxyl groups is 1. The summed E-state index contributed by atoms with van der Waals surface area (Å²) in [5.74, 6) is 0. The van der Waals surface area contributed by atoms with Gasteiger partial charge in [0, 0.05) is 19.6 Å². The van der Waals surface area contributed by atoms with Crippen LogP contribution in [0.4, 0.5) is 4.79 Å². The van der Waals surface area contributed by atoms with Crippen LogP contribution in [0.1, 0.15) is 32.6 Å². The van der Waals surface area contributed by atoms with Gasteiger partial charge in [0.05, 0.1) is 6.10 Å². The zero-order valence-electron chi connectivity index (χ0n) is 10.1. The normalized spacial score (nSPS) is 21.6. The fourth-order valence-electron chi connectivity index (χ4n) is 1.69. The average molecular weight is 226 g/mol. The van der Waals surface area contributed by atoms with E-state index in [1.165, 1.54) is 0 Å². The molecule has 0 fully saturated rings. The van der Waals surface area contributed by atoms with E-state index < -0.39 is 0 Å². The van der Waals surface area contributed by atoms with Crippen LogP contribution >= 0.6 is 0 Å². The van der Waals surface area contributed by atoms with Gasteiger partial charge in [-0.1, -0.05) is 12.2 Å². The van der Waals surface area contributed by atoms with Crippen molar-refractivity contribution in [1.82, 2.24) is 10.2 Å². The van der Waals surface area contributed by atoms with E-state index in [9.17, 15) is 4.79 Å². The summed E-state index contributed by atoms with van der Waals surface area (Å²) in [6, 6.07) is 0.229. The standard InChI is InChI=1S/C12H22N2O2/c1-10(15)8-9-14(2)12(16)13-11-6-4-3-5-7-11/h3-4,10-11,15H,5-9H2,1-2H3,(H,13,16). The van der Waals surface area contributed by atoms with Crippen molar-refractivity contribution in [3.8, 4) is 0 Å². The van der Waals surface area contributed by atoms with Crippen molar-refractivity contribution < 1.29 is 9.90 Å². The van der Waals surface area contributed by atoms with E-state index in [2.05, 4.69) is 17.5 Å². The third-order valence-electron chi connectivity index (χ3n) is 2.83. The fraction of sp³-hybridized carbons (Fsp3) is 0.750. The van der Waals surface area contributed by atoms with Gasteiger partial charge >= 0.3 is 6.03 Å². The van der Waals surface area contributed by atoms with Crippen molar-refractivity contribution in [1.29, 1.82) is 0 Å². The summed E-state index contributed by atoms with van der Waals surface area (Å²) in [5, 5.41) is 12.1. The van der Waals surface area contributed by atoms with Gasteiger partial charge in [0.1, 0.15) is 0 Å². The zero-order valence-corrected chi connectivity index (χ0v) is 10.1. The first-order valence-corrected chi connectivity index (χ1v) is 5.94. The molecule has 2 unspecified atom stereocenters. The van der Waals surface area contributed by atoms with Gasteiger partial charge in [-0.15, -0.1) is 0 Å². The van der Waals surface area contributed by atoms with E-state index in [0.717, 1.165) is 19.3 Å². The van der Waals surface area contributed by atoms with Gasteiger partial charge in [-0.25, -0.2) is 4.79 Å². The van der Waals surface area contributed by atoms with Crippen molar-refractivity contribution in [2.45, 2.75) is 44.8 Å². The van der Waals surface area contributed by atoms with E-state index in [0.29, 0.717) is 13.0 Å². The second-order valence-corrected chi connectivity index (χ2v) is 4.49. The van der Waals surface area contributed by atoms with Gasteiger partial charge in [-0.2, -0.15) is 0 Å². The maximum atomic E-state index is 11.7. The van der Waals surface area contributed by atoms with Crippen molar-refractivity contribution in [3.05, 3.63) is 12.2 Å². The number of hydrogen-bond donors (Lipinski definition) is 2. The molecule has 0 bridgehead atoms. The van der Waals surface area contributed by atoms with Crippen molar-refractivity contribution in [2.24, 2.45) is 0 Å². The number of carbonyl (C=O) groups is 1. The lowest BCUT2D eigenvalue weighted by Gasteiger charge is -2.24. The summed E-state index contributed by atoms with van der Waals surface area (Å²) in [5.41, 5.74) is 0. The minimum Gasteiger partial charge on any atom is -0.393 e. The van der Waals surface area contributed by atoms with Crippen molar-refractivity contribution in [2.75, 3.05) is 13.6 Å². The van der Waals surface area contributed by atoms with Crippen LogP contribution in [-0.4, -0.2) is 41.8 Å². The van der Waals surface area contributed by atoms with Gasteiger partial charge in [0.2, 0.25) is 0 Å². The molecule has 92 valence electrons. The Morgan fingerprint density at radius 3 is 2.94 bits per heavy atom. The molecule has 1 aliphatic rings. The molecule has 2 atom stereocenters. The van der Waals surface area contributed by atoms with E-state index >= 15 is 0 Å². The SMILES string of the molecule is CC(O)CCN(C)C(=O)NC1CC=CCC1. The van der Waals surface area contributed by atoms with Crippen molar-refractivity contribution in [3.63, 3.8) is 0 Å². The Morgan fingerprint density at radius 1 is 1.62 bits per heavy atom. The summed E-state index contributed by atoms with van der Waals surface area (Å²) < 4.78 is 0. The quantitative estimate of drug-likeness (QED) is 0.714. The Kier molecular flexibility index (Phi) is 5.32. The van der Waals surface area contributed by atoms with Gasteiger partial charge in [0.25, 0.3) is 0 Å². The highest BCUT2D eigenvalue weighted by Gasteiger charge is 2.15. The molecule has 0 aliphatic heterocycles. The Bertz CT molecular complexity index is 251. The molecule has 0 heterocycles. The van der Waals surface area contributed by atoms with Gasteiger partial charge in [-0.05, 0) is 32.6 Å². The van der Waals surface area contributed by atoms with E-state index in [-0.39, 0.29) is 18.2 Å². The molecular formula is C12H22N2O2. The molecule has 0 aromatic carbocycles. The molecule has 4 heteroatoms. The zero-order chi connectivity index (χ0) is 12.0. The van der Waals surface area contributed by atoms with Crippen molar-refractivity contribution >= 4 is 6.03 Å². The van der Waals surface area contributed by atoms with Crippen LogP contribution in [-0.2, 0) is 0 Å². The highest BCUT2D eigenvalue weighted by Crippen LogP contribution is 2.10. The lowest BCUT2D eigenvalue weighted by atomic mass is 10.0. The average Bonchev–Trinajstić information content (AvgIpc) is 2.27. The van der Waals surface area contributed by atoms with Gasteiger partial charge < -0.3 is 15.3 Å². The molecule has 0 saturated heterocycles. The van der Waals surface area contributed by atoms with Gasteiger partial charge in [0.15, 0.2) is 0 Å². The minimum atomic E-state index is -0.354. The van der Waals surface area contributed by atoms with E-state index in [4.69, 9.17) is 5.11 Å². The predicted molar refractivity (Wildman–Crippen MR) is 64.2 cm³/mol. The number of rotatable bonds is 4. The number of allylic oxidation sites excluding steroid dienone is 1. The van der Waals surface area contributed by atoms with Crippen LogP contribution in [0.2, 0.25) is 0 Å². The number of nitrogens with zero attached hydrogens (tertiary/aromatic N) is 1. The fourth-order valence-corrected chi connectivity index (χ4v) is 1.69. The van der Waals surface area contributed by atoms with Crippen LogP contribution < -0.4 is 5.32 Å². The molecule has 1 rings (SSSR count). The number of urea groups is 1. The Labute approximate surface area is 97.3 Å². The number of nitrogens with one attached hydrogen (secondary N) is 1. The molecule has 2 amide bonds. The molecule has 4 nitrogen and oxygen atoms in total. The summed E-state index contributed by atoms with van der Waals surface area (Å²) in [7, 11) is 1.76.